The predicted molar refractivity (Wildman–Crippen MR) is 217 cm³/mol. The van der Waals surface area contributed by atoms with Gasteiger partial charge in [-0.25, -0.2) is 4.79 Å². The number of aromatic nitrogens is 4. The molecule has 55 heavy (non-hydrogen) atoms. The van der Waals surface area contributed by atoms with Gasteiger partial charge in [0.25, 0.3) is 5.91 Å². The first kappa shape index (κ1) is 38.3. The fourth-order valence-corrected chi connectivity index (χ4v) is 8.50. The van der Waals surface area contributed by atoms with Gasteiger partial charge in [-0.1, -0.05) is 29.3 Å². The van der Waals surface area contributed by atoms with Crippen LogP contribution in [0, 0.1) is 27.7 Å². The molecule has 1 unspecified atom stereocenters. The van der Waals surface area contributed by atoms with Gasteiger partial charge in [-0.3, -0.25) is 9.48 Å². The van der Waals surface area contributed by atoms with Crippen LogP contribution in [0.25, 0.3) is 32.9 Å². The van der Waals surface area contributed by atoms with E-state index in [0.717, 1.165) is 60.9 Å². The molecule has 11 nitrogen and oxygen atoms in total. The molecule has 0 bridgehead atoms. The zero-order valence-electron chi connectivity index (χ0n) is 32.3. The summed E-state index contributed by atoms with van der Waals surface area (Å²) in [6.07, 6.45) is 1.19. The van der Waals surface area contributed by atoms with E-state index in [9.17, 15) is 9.90 Å². The Kier molecular flexibility index (Phi) is 10.4. The Morgan fingerprint density at radius 1 is 0.927 bits per heavy atom. The molecule has 1 amide bonds. The summed E-state index contributed by atoms with van der Waals surface area (Å²) in [5.41, 5.74) is 9.13. The second-order valence-electron chi connectivity index (χ2n) is 14.4. The van der Waals surface area contributed by atoms with Crippen molar-refractivity contribution in [3.63, 3.8) is 0 Å². The van der Waals surface area contributed by atoms with Gasteiger partial charge in [0.2, 0.25) is 0 Å². The molecular formula is C42H45Cl2N5O6. The molecule has 4 heterocycles. The molecule has 0 fully saturated rings. The third-order valence-electron chi connectivity index (χ3n) is 10.8. The van der Waals surface area contributed by atoms with Crippen LogP contribution in [0.4, 0.5) is 5.69 Å². The molecule has 0 radical (unpaired) electrons. The number of fused-ring (bicyclic) bond motifs is 4. The summed E-state index contributed by atoms with van der Waals surface area (Å²) in [6.45, 7) is 11.4. The number of ether oxygens (including phenoxy) is 3. The van der Waals surface area contributed by atoms with Gasteiger partial charge in [0.05, 0.1) is 40.7 Å². The lowest BCUT2D eigenvalue weighted by Crippen LogP contribution is -2.42. The van der Waals surface area contributed by atoms with Crippen molar-refractivity contribution in [1.29, 1.82) is 0 Å². The average molecular weight is 787 g/mol. The molecule has 3 aromatic carbocycles. The number of halogens is 2. The number of carbonyl (C=O) groups is 2. The Morgan fingerprint density at radius 2 is 1.65 bits per heavy atom. The smallest absolute Gasteiger partial charge is 0.352 e. The average Bonchev–Trinajstić information content (AvgIpc) is 3.76. The Bertz CT molecular complexity index is 2490. The summed E-state index contributed by atoms with van der Waals surface area (Å²) in [7, 11) is 5.20. The Hall–Kier alpha value is -4.97. The lowest BCUT2D eigenvalue weighted by Gasteiger charge is -2.35. The standard InChI is InChI=1S/C42H45Cl2N5O6/c1-22-18-27(19-23(2)37(22)44)54-15-9-10-28-29-11-12-31(43)36(35-25(4)45-47(7)26(35)5)39(29)49-24(3)21-48(41(50)40(28)49)32-13-14-34(55-17-16-53-8)38-30(32)20-33(42(51)52)46(38)6/h11-14,18-20,24H,9-10,15-17,21H2,1-8H3,(H,51,52). The number of amides is 1. The maximum Gasteiger partial charge on any atom is 0.352 e. The molecule has 1 N–H and O–H groups in total. The number of nitrogens with zero attached hydrogens (tertiary/aromatic N) is 5. The zero-order chi connectivity index (χ0) is 39.5. The minimum atomic E-state index is -1.08. The van der Waals surface area contributed by atoms with Crippen molar-refractivity contribution in [1.82, 2.24) is 18.9 Å². The highest BCUT2D eigenvalue weighted by molar-refractivity contribution is 6.35. The number of carboxylic acid groups (broad SMARTS) is 1. The molecule has 6 aromatic rings. The van der Waals surface area contributed by atoms with Gasteiger partial charge in [-0.05, 0) is 101 Å². The lowest BCUT2D eigenvalue weighted by molar-refractivity contribution is 0.0686. The van der Waals surface area contributed by atoms with Crippen molar-refractivity contribution in [3.8, 4) is 22.6 Å². The fraction of sp³-hybridized carbons (Fsp3) is 0.357. The fourth-order valence-electron chi connectivity index (χ4n) is 8.15. The molecule has 3 aromatic heterocycles. The number of hydrogen-bond donors (Lipinski definition) is 1. The third kappa shape index (κ3) is 6.51. The first-order chi connectivity index (χ1) is 26.2. The van der Waals surface area contributed by atoms with Crippen LogP contribution in [0.5, 0.6) is 11.5 Å². The maximum absolute atomic E-state index is 15.2. The van der Waals surface area contributed by atoms with E-state index >= 15 is 4.79 Å². The van der Waals surface area contributed by atoms with Crippen LogP contribution in [0.15, 0.2) is 42.5 Å². The molecule has 1 aliphatic rings. The SMILES string of the molecule is COCCOc1ccc(N2CC(C)n3c(c(CCCOc4cc(C)c(Cl)c(C)c4)c4ccc(Cl)c(-c5c(C)nn(C)c5C)c43)C2=O)c2cc(C(=O)O)n(C)c12. The van der Waals surface area contributed by atoms with Crippen LogP contribution in [-0.2, 0) is 25.3 Å². The number of aromatic carboxylic acids is 1. The summed E-state index contributed by atoms with van der Waals surface area (Å²) in [6, 6.07) is 12.9. The summed E-state index contributed by atoms with van der Waals surface area (Å²) in [5.74, 6) is -0.0145. The summed E-state index contributed by atoms with van der Waals surface area (Å²) >= 11 is 13.5. The molecule has 1 aliphatic heterocycles. The minimum Gasteiger partial charge on any atom is -0.494 e. The molecule has 1 atom stereocenters. The molecule has 0 saturated carbocycles. The van der Waals surface area contributed by atoms with Crippen LogP contribution in [0.3, 0.4) is 0 Å². The monoisotopic (exact) mass is 785 g/mol. The van der Waals surface area contributed by atoms with Crippen molar-refractivity contribution in [2.75, 3.05) is 38.4 Å². The van der Waals surface area contributed by atoms with E-state index in [1.54, 1.807) is 35.8 Å². The summed E-state index contributed by atoms with van der Waals surface area (Å²) < 4.78 is 23.1. The van der Waals surface area contributed by atoms with Crippen LogP contribution >= 0.6 is 23.2 Å². The number of hydrogen-bond acceptors (Lipinski definition) is 6. The highest BCUT2D eigenvalue weighted by atomic mass is 35.5. The highest BCUT2D eigenvalue weighted by Gasteiger charge is 2.38. The molecule has 0 spiro atoms. The van der Waals surface area contributed by atoms with Gasteiger partial charge in [-0.2, -0.15) is 5.10 Å². The van der Waals surface area contributed by atoms with Gasteiger partial charge < -0.3 is 33.4 Å². The normalized spacial score (nSPS) is 14.3. The number of rotatable bonds is 12. The zero-order valence-corrected chi connectivity index (χ0v) is 33.9. The van der Waals surface area contributed by atoms with Crippen molar-refractivity contribution < 1.29 is 28.9 Å². The first-order valence-electron chi connectivity index (χ1n) is 18.3. The topological polar surface area (TPSA) is 113 Å². The maximum atomic E-state index is 15.2. The van der Waals surface area contributed by atoms with E-state index in [-0.39, 0.29) is 24.2 Å². The lowest BCUT2D eigenvalue weighted by atomic mass is 9.98. The Labute approximate surface area is 329 Å². The number of methoxy groups -OCH3 is 1. The molecule has 288 valence electrons. The van der Waals surface area contributed by atoms with E-state index < -0.39 is 5.97 Å². The van der Waals surface area contributed by atoms with Crippen LogP contribution in [-0.4, -0.2) is 69.4 Å². The van der Waals surface area contributed by atoms with Crippen molar-refractivity contribution >= 4 is 62.6 Å². The molecular weight excluding hydrogens is 741 g/mol. The summed E-state index contributed by atoms with van der Waals surface area (Å²) in [4.78, 5) is 29.3. The van der Waals surface area contributed by atoms with Gasteiger partial charge in [0.1, 0.15) is 29.5 Å². The molecule has 0 aliphatic carbocycles. The van der Waals surface area contributed by atoms with E-state index in [1.807, 2.05) is 69.8 Å². The van der Waals surface area contributed by atoms with Crippen molar-refractivity contribution in [2.24, 2.45) is 14.1 Å². The van der Waals surface area contributed by atoms with E-state index in [2.05, 4.69) is 11.5 Å². The van der Waals surface area contributed by atoms with Gasteiger partial charge in [-0.15, -0.1) is 0 Å². The van der Waals surface area contributed by atoms with Crippen LogP contribution in [0.1, 0.15) is 68.4 Å². The van der Waals surface area contributed by atoms with Gasteiger partial charge >= 0.3 is 5.97 Å². The third-order valence-corrected chi connectivity index (χ3v) is 11.7. The number of carboxylic acids is 1. The van der Waals surface area contributed by atoms with Crippen molar-refractivity contribution in [3.05, 3.63) is 92.0 Å². The summed E-state index contributed by atoms with van der Waals surface area (Å²) in [5, 5.41) is 17.7. The number of benzene rings is 3. The van der Waals surface area contributed by atoms with Gasteiger partial charge in [0.15, 0.2) is 0 Å². The van der Waals surface area contributed by atoms with Gasteiger partial charge in [0, 0.05) is 66.4 Å². The second kappa shape index (κ2) is 14.9. The minimum absolute atomic E-state index is 0.0823. The molecule has 0 saturated heterocycles. The predicted octanol–water partition coefficient (Wildman–Crippen LogP) is 9.03. The molecule has 7 rings (SSSR count). The Morgan fingerprint density at radius 3 is 2.31 bits per heavy atom. The van der Waals surface area contributed by atoms with E-state index in [1.165, 1.54) is 0 Å². The van der Waals surface area contributed by atoms with Crippen LogP contribution in [0.2, 0.25) is 10.0 Å². The number of anilines is 1. The largest absolute Gasteiger partial charge is 0.494 e. The molecule has 13 heteroatoms. The second-order valence-corrected chi connectivity index (χ2v) is 15.1. The Balaban J connectivity index is 1.38. The highest BCUT2D eigenvalue weighted by Crippen LogP contribution is 2.46. The van der Waals surface area contributed by atoms with E-state index in [0.29, 0.717) is 65.7 Å². The van der Waals surface area contributed by atoms with Crippen molar-refractivity contribution in [2.45, 2.75) is 53.5 Å². The number of carbonyl (C=O) groups excluding carboxylic acids is 1. The number of aryl methyl sites for hydroxylation is 6. The van der Waals surface area contributed by atoms with E-state index in [4.69, 9.17) is 42.5 Å². The first-order valence-corrected chi connectivity index (χ1v) is 19.0. The quantitative estimate of drug-likeness (QED) is 0.123. The van der Waals surface area contributed by atoms with Crippen LogP contribution < -0.4 is 14.4 Å².